The Labute approximate surface area is 129 Å². The number of nitrogens with two attached hydrogens (primary N) is 1. The fourth-order valence-electron chi connectivity index (χ4n) is 1.71. The molecule has 106 valence electrons. The number of hydrogen-bond acceptors (Lipinski definition) is 6. The van der Waals surface area contributed by atoms with Gasteiger partial charge in [-0.05, 0) is 24.3 Å². The smallest absolute Gasteiger partial charge is 0.236 e. The van der Waals surface area contributed by atoms with Crippen LogP contribution < -0.4 is 11.1 Å². The third-order valence-corrected chi connectivity index (χ3v) is 4.60. The maximum absolute atomic E-state index is 11.9. The van der Waals surface area contributed by atoms with E-state index in [9.17, 15) is 4.79 Å². The number of pyridine rings is 1. The number of fused-ring (bicyclic) bond motifs is 1. The molecule has 0 bridgehead atoms. The van der Waals surface area contributed by atoms with Crippen LogP contribution in [-0.4, -0.2) is 21.6 Å². The van der Waals surface area contributed by atoms with E-state index in [4.69, 9.17) is 5.73 Å². The van der Waals surface area contributed by atoms with Crippen LogP contribution in [0.2, 0.25) is 0 Å². The molecule has 0 unspecified atom stereocenters. The van der Waals surface area contributed by atoms with E-state index in [-0.39, 0.29) is 5.91 Å². The standard InChI is InChI=1S/C14H12N4OS2/c15-12-6-5-9(7-16-12)20-8-13(19)18-14-17-10-3-1-2-4-11(10)21-14/h1-7H,8H2,(H2,15,16)(H,17,18,19). The fraction of sp³-hybridized carbons (Fsp3) is 0.0714. The number of nitrogens with zero attached hydrogens (tertiary/aromatic N) is 2. The highest BCUT2D eigenvalue weighted by atomic mass is 32.2. The molecule has 0 aliphatic carbocycles. The molecule has 0 saturated carbocycles. The van der Waals surface area contributed by atoms with Crippen LogP contribution in [0.25, 0.3) is 10.2 Å². The largest absolute Gasteiger partial charge is 0.384 e. The normalized spacial score (nSPS) is 10.7. The molecular weight excluding hydrogens is 304 g/mol. The van der Waals surface area contributed by atoms with Crippen molar-refractivity contribution in [1.29, 1.82) is 0 Å². The van der Waals surface area contributed by atoms with E-state index in [2.05, 4.69) is 15.3 Å². The van der Waals surface area contributed by atoms with Crippen molar-refractivity contribution >= 4 is 50.2 Å². The molecule has 0 saturated heterocycles. The molecule has 0 radical (unpaired) electrons. The van der Waals surface area contributed by atoms with Gasteiger partial charge in [-0.25, -0.2) is 9.97 Å². The van der Waals surface area contributed by atoms with E-state index < -0.39 is 0 Å². The van der Waals surface area contributed by atoms with Crippen molar-refractivity contribution in [2.45, 2.75) is 4.90 Å². The Balaban J connectivity index is 1.59. The second kappa shape index (κ2) is 6.11. The molecule has 2 heterocycles. The van der Waals surface area contributed by atoms with Crippen molar-refractivity contribution in [3.63, 3.8) is 0 Å². The third-order valence-electron chi connectivity index (χ3n) is 2.67. The van der Waals surface area contributed by atoms with Crippen LogP contribution in [0.1, 0.15) is 0 Å². The molecule has 3 rings (SSSR count). The number of thiazole rings is 1. The second-order valence-corrected chi connectivity index (χ2v) is 6.32. The Morgan fingerprint density at radius 1 is 1.29 bits per heavy atom. The van der Waals surface area contributed by atoms with E-state index >= 15 is 0 Å². The van der Waals surface area contributed by atoms with Crippen molar-refractivity contribution in [1.82, 2.24) is 9.97 Å². The first-order valence-corrected chi connectivity index (χ1v) is 8.01. The monoisotopic (exact) mass is 316 g/mol. The topological polar surface area (TPSA) is 80.9 Å². The molecule has 7 heteroatoms. The van der Waals surface area contributed by atoms with Gasteiger partial charge in [0.1, 0.15) is 5.82 Å². The van der Waals surface area contributed by atoms with Crippen LogP contribution in [0.5, 0.6) is 0 Å². The minimum atomic E-state index is -0.0871. The molecule has 0 atom stereocenters. The lowest BCUT2D eigenvalue weighted by Gasteiger charge is -2.02. The maximum atomic E-state index is 11.9. The molecule has 0 spiro atoms. The van der Waals surface area contributed by atoms with Crippen LogP contribution >= 0.6 is 23.1 Å². The van der Waals surface area contributed by atoms with Crippen molar-refractivity contribution in [3.8, 4) is 0 Å². The summed E-state index contributed by atoms with van der Waals surface area (Å²) >= 11 is 2.88. The number of nitrogens with one attached hydrogen (secondary N) is 1. The van der Waals surface area contributed by atoms with Gasteiger partial charge in [-0.1, -0.05) is 23.5 Å². The SMILES string of the molecule is Nc1ccc(SCC(=O)Nc2nc3ccccc3s2)cn1. The summed E-state index contributed by atoms with van der Waals surface area (Å²) in [5.41, 5.74) is 6.41. The summed E-state index contributed by atoms with van der Waals surface area (Å²) in [4.78, 5) is 21.2. The highest BCUT2D eigenvalue weighted by molar-refractivity contribution is 8.00. The summed E-state index contributed by atoms with van der Waals surface area (Å²) < 4.78 is 1.06. The lowest BCUT2D eigenvalue weighted by atomic mass is 10.3. The number of rotatable bonds is 4. The van der Waals surface area contributed by atoms with E-state index in [0.29, 0.717) is 16.7 Å². The molecule has 5 nitrogen and oxygen atoms in total. The highest BCUT2D eigenvalue weighted by Crippen LogP contribution is 2.25. The minimum absolute atomic E-state index is 0.0871. The van der Waals surface area contributed by atoms with Gasteiger partial charge in [-0.2, -0.15) is 0 Å². The molecule has 1 aromatic carbocycles. The van der Waals surface area contributed by atoms with Gasteiger partial charge in [-0.15, -0.1) is 11.8 Å². The van der Waals surface area contributed by atoms with E-state index in [1.807, 2.05) is 30.3 Å². The van der Waals surface area contributed by atoms with Crippen LogP contribution in [0.15, 0.2) is 47.5 Å². The van der Waals surface area contributed by atoms with Gasteiger partial charge in [0.05, 0.1) is 16.0 Å². The summed E-state index contributed by atoms with van der Waals surface area (Å²) in [5, 5.41) is 3.44. The molecule has 0 fully saturated rings. The average molecular weight is 316 g/mol. The number of carbonyl (C=O) groups is 1. The summed E-state index contributed by atoms with van der Waals surface area (Å²) in [5.74, 6) is 0.691. The van der Waals surface area contributed by atoms with Gasteiger partial charge in [0, 0.05) is 11.1 Å². The van der Waals surface area contributed by atoms with E-state index in [1.165, 1.54) is 23.1 Å². The highest BCUT2D eigenvalue weighted by Gasteiger charge is 2.08. The van der Waals surface area contributed by atoms with Crippen molar-refractivity contribution in [2.24, 2.45) is 0 Å². The Bertz CT molecular complexity index is 737. The Morgan fingerprint density at radius 2 is 2.14 bits per heavy atom. The van der Waals surface area contributed by atoms with Crippen LogP contribution in [-0.2, 0) is 4.79 Å². The molecule has 1 amide bonds. The summed E-state index contributed by atoms with van der Waals surface area (Å²) in [6, 6.07) is 11.4. The number of carbonyl (C=O) groups excluding carboxylic acids is 1. The number of anilines is 2. The quantitative estimate of drug-likeness (QED) is 0.723. The number of thioether (sulfide) groups is 1. The molecule has 0 aliphatic heterocycles. The molecule has 2 aromatic heterocycles. The summed E-state index contributed by atoms with van der Waals surface area (Å²) in [6.45, 7) is 0. The Hall–Kier alpha value is -2.12. The van der Waals surface area contributed by atoms with Gasteiger partial charge < -0.3 is 11.1 Å². The minimum Gasteiger partial charge on any atom is -0.384 e. The number of nitrogen functional groups attached to an aromatic ring is 1. The maximum Gasteiger partial charge on any atom is 0.236 e. The predicted octanol–water partition coefficient (Wildman–Crippen LogP) is 3.00. The Kier molecular flexibility index (Phi) is 4.03. The van der Waals surface area contributed by atoms with Gasteiger partial charge in [0.15, 0.2) is 5.13 Å². The first-order chi connectivity index (χ1) is 10.2. The number of para-hydroxylation sites is 1. The number of benzene rings is 1. The van der Waals surface area contributed by atoms with Gasteiger partial charge in [0.25, 0.3) is 0 Å². The molecule has 3 N–H and O–H groups in total. The van der Waals surface area contributed by atoms with Crippen molar-refractivity contribution in [2.75, 3.05) is 16.8 Å². The van der Waals surface area contributed by atoms with Crippen molar-refractivity contribution < 1.29 is 4.79 Å². The number of aromatic nitrogens is 2. The summed E-state index contributed by atoms with van der Waals surface area (Å²) in [6.07, 6.45) is 1.66. The average Bonchev–Trinajstić information content (AvgIpc) is 2.88. The molecule has 21 heavy (non-hydrogen) atoms. The molecular formula is C14H12N4OS2. The zero-order valence-corrected chi connectivity index (χ0v) is 12.6. The van der Waals surface area contributed by atoms with Crippen LogP contribution in [0, 0.1) is 0 Å². The van der Waals surface area contributed by atoms with Crippen LogP contribution in [0.3, 0.4) is 0 Å². The van der Waals surface area contributed by atoms with Gasteiger partial charge >= 0.3 is 0 Å². The molecule has 0 aliphatic rings. The Morgan fingerprint density at radius 3 is 2.90 bits per heavy atom. The third kappa shape index (κ3) is 3.50. The van der Waals surface area contributed by atoms with Crippen molar-refractivity contribution in [3.05, 3.63) is 42.6 Å². The van der Waals surface area contributed by atoms with Gasteiger partial charge in [-0.3, -0.25) is 4.79 Å². The molecule has 3 aromatic rings. The number of amides is 1. The van der Waals surface area contributed by atoms with E-state index in [1.54, 1.807) is 12.3 Å². The lowest BCUT2D eigenvalue weighted by Crippen LogP contribution is -2.13. The predicted molar refractivity (Wildman–Crippen MR) is 87.6 cm³/mol. The zero-order valence-electron chi connectivity index (χ0n) is 10.9. The first-order valence-electron chi connectivity index (χ1n) is 6.20. The van der Waals surface area contributed by atoms with Crippen LogP contribution in [0.4, 0.5) is 10.9 Å². The summed E-state index contributed by atoms with van der Waals surface area (Å²) in [7, 11) is 0. The first kappa shape index (κ1) is 13.8. The van der Waals surface area contributed by atoms with E-state index in [0.717, 1.165) is 15.1 Å². The van der Waals surface area contributed by atoms with Gasteiger partial charge in [0.2, 0.25) is 5.91 Å². The zero-order chi connectivity index (χ0) is 14.7. The fourth-order valence-corrected chi connectivity index (χ4v) is 3.25. The lowest BCUT2D eigenvalue weighted by molar-refractivity contribution is -0.113. The number of hydrogen-bond donors (Lipinski definition) is 2. The second-order valence-electron chi connectivity index (χ2n) is 4.24.